The number of nitrogens with two attached hydrogens (primary N) is 2. The molecule has 2 unspecified atom stereocenters. The predicted octanol–water partition coefficient (Wildman–Crippen LogP) is 0.586. The molecule has 1 spiro atoms. The van der Waals surface area contributed by atoms with Crippen LogP contribution in [-0.2, 0) is 10.3 Å². The summed E-state index contributed by atoms with van der Waals surface area (Å²) < 4.78 is 1.61. The number of anilines is 1. The second-order valence-electron chi connectivity index (χ2n) is 6.70. The molecular formula is C14H23N5O. The normalized spacial score (nSPS) is 27.8. The minimum atomic E-state index is -0.748. The van der Waals surface area contributed by atoms with Gasteiger partial charge in [-0.1, -0.05) is 6.42 Å². The van der Waals surface area contributed by atoms with E-state index in [4.69, 9.17) is 11.5 Å². The average molecular weight is 277 g/mol. The van der Waals surface area contributed by atoms with Crippen LogP contribution in [0.4, 0.5) is 5.82 Å². The number of nitrogens with one attached hydrogen (secondary N) is 1. The van der Waals surface area contributed by atoms with Crippen molar-refractivity contribution in [1.29, 1.82) is 0 Å². The second-order valence-corrected chi connectivity index (χ2v) is 6.70. The van der Waals surface area contributed by atoms with E-state index in [0.29, 0.717) is 5.82 Å². The van der Waals surface area contributed by atoms with Crippen molar-refractivity contribution < 1.29 is 4.79 Å². The highest BCUT2D eigenvalue weighted by Gasteiger charge is 2.57. The minimum Gasteiger partial charge on any atom is -0.382 e. The fraction of sp³-hybridized carbons (Fsp3) is 0.714. The molecule has 0 aliphatic heterocycles. The Kier molecular flexibility index (Phi) is 2.83. The molecule has 1 amide bonds. The third-order valence-electron chi connectivity index (χ3n) is 5.25. The van der Waals surface area contributed by atoms with E-state index in [9.17, 15) is 4.79 Å². The summed E-state index contributed by atoms with van der Waals surface area (Å²) in [6.07, 6.45) is 6.10. The Labute approximate surface area is 118 Å². The molecule has 20 heavy (non-hydrogen) atoms. The van der Waals surface area contributed by atoms with Gasteiger partial charge in [-0.05, 0) is 39.2 Å². The molecular weight excluding hydrogens is 254 g/mol. The first-order valence-electron chi connectivity index (χ1n) is 7.24. The Balaban J connectivity index is 1.70. The van der Waals surface area contributed by atoms with Crippen LogP contribution in [-0.4, -0.2) is 27.8 Å². The molecule has 6 nitrogen and oxygen atoms in total. The van der Waals surface area contributed by atoms with Crippen molar-refractivity contribution in [3.8, 4) is 0 Å². The monoisotopic (exact) mass is 277 g/mol. The van der Waals surface area contributed by atoms with Gasteiger partial charge in [-0.3, -0.25) is 9.48 Å². The maximum atomic E-state index is 12.6. The average Bonchev–Trinajstić information content (AvgIpc) is 2.73. The molecule has 0 bridgehead atoms. The van der Waals surface area contributed by atoms with E-state index in [1.807, 2.05) is 13.8 Å². The van der Waals surface area contributed by atoms with Gasteiger partial charge in [0.05, 0.1) is 0 Å². The summed E-state index contributed by atoms with van der Waals surface area (Å²) in [4.78, 5) is 12.6. The molecule has 1 heterocycles. The molecule has 0 radical (unpaired) electrons. The van der Waals surface area contributed by atoms with E-state index in [0.717, 1.165) is 19.3 Å². The highest BCUT2D eigenvalue weighted by atomic mass is 16.2. The Morgan fingerprint density at radius 3 is 2.70 bits per heavy atom. The molecule has 2 atom stereocenters. The van der Waals surface area contributed by atoms with Crippen LogP contribution in [0.25, 0.3) is 0 Å². The molecule has 110 valence electrons. The molecule has 2 fully saturated rings. The third-order valence-corrected chi connectivity index (χ3v) is 5.25. The van der Waals surface area contributed by atoms with E-state index in [1.54, 1.807) is 16.9 Å². The van der Waals surface area contributed by atoms with Crippen molar-refractivity contribution in [2.45, 2.75) is 57.2 Å². The highest BCUT2D eigenvalue weighted by molar-refractivity contribution is 5.84. The summed E-state index contributed by atoms with van der Waals surface area (Å²) in [6, 6.07) is 2.15. The van der Waals surface area contributed by atoms with E-state index in [1.165, 1.54) is 6.42 Å². The Morgan fingerprint density at radius 1 is 1.55 bits per heavy atom. The Morgan fingerprint density at radius 2 is 2.25 bits per heavy atom. The zero-order chi connectivity index (χ0) is 14.5. The molecule has 6 heteroatoms. The smallest absolute Gasteiger partial charge is 0.247 e. The molecule has 5 N–H and O–H groups in total. The molecule has 2 aliphatic rings. The number of hydrogen-bond donors (Lipinski definition) is 3. The first-order chi connectivity index (χ1) is 9.36. The quantitative estimate of drug-likeness (QED) is 0.753. The zero-order valence-corrected chi connectivity index (χ0v) is 12.1. The van der Waals surface area contributed by atoms with Gasteiger partial charge in [-0.15, -0.1) is 0 Å². The van der Waals surface area contributed by atoms with Gasteiger partial charge < -0.3 is 16.8 Å². The van der Waals surface area contributed by atoms with Gasteiger partial charge in [0.15, 0.2) is 0 Å². The maximum absolute atomic E-state index is 12.6. The van der Waals surface area contributed by atoms with Gasteiger partial charge >= 0.3 is 0 Å². The van der Waals surface area contributed by atoms with E-state index >= 15 is 0 Å². The summed E-state index contributed by atoms with van der Waals surface area (Å²) in [6.45, 7) is 3.70. The molecule has 3 rings (SSSR count). The van der Waals surface area contributed by atoms with Crippen molar-refractivity contribution in [2.75, 3.05) is 5.73 Å². The van der Waals surface area contributed by atoms with Crippen molar-refractivity contribution >= 4 is 11.7 Å². The molecule has 0 aromatic carbocycles. The number of carbonyl (C=O) groups excluding carboxylic acids is 1. The number of aromatic nitrogens is 2. The Bertz CT molecular complexity index is 531. The van der Waals surface area contributed by atoms with Crippen molar-refractivity contribution in [2.24, 2.45) is 11.1 Å². The highest BCUT2D eigenvalue weighted by Crippen LogP contribution is 2.55. The van der Waals surface area contributed by atoms with E-state index in [-0.39, 0.29) is 23.4 Å². The van der Waals surface area contributed by atoms with Gasteiger partial charge in [-0.2, -0.15) is 5.10 Å². The lowest BCUT2D eigenvalue weighted by Gasteiger charge is -2.60. The van der Waals surface area contributed by atoms with Crippen LogP contribution >= 0.6 is 0 Å². The van der Waals surface area contributed by atoms with Gasteiger partial charge in [-0.25, -0.2) is 0 Å². The topological polar surface area (TPSA) is 99.0 Å². The van der Waals surface area contributed by atoms with Crippen LogP contribution in [0.2, 0.25) is 0 Å². The summed E-state index contributed by atoms with van der Waals surface area (Å²) in [7, 11) is 0. The van der Waals surface area contributed by atoms with Crippen molar-refractivity contribution in [3.63, 3.8) is 0 Å². The van der Waals surface area contributed by atoms with Crippen LogP contribution in [0.5, 0.6) is 0 Å². The van der Waals surface area contributed by atoms with Crippen molar-refractivity contribution in [1.82, 2.24) is 15.1 Å². The number of carbonyl (C=O) groups is 1. The fourth-order valence-electron chi connectivity index (χ4n) is 3.42. The lowest BCUT2D eigenvalue weighted by molar-refractivity contribution is -0.135. The third kappa shape index (κ3) is 1.74. The SMILES string of the molecule is CC(C)(C(=O)NC1CC(N)C12CCC2)n1ccc(N)n1. The van der Waals surface area contributed by atoms with E-state index < -0.39 is 5.54 Å². The summed E-state index contributed by atoms with van der Waals surface area (Å²) >= 11 is 0. The van der Waals surface area contributed by atoms with Gasteiger partial charge in [0.25, 0.3) is 0 Å². The first kappa shape index (κ1) is 13.4. The first-order valence-corrected chi connectivity index (χ1v) is 7.24. The van der Waals surface area contributed by atoms with E-state index in [2.05, 4.69) is 10.4 Å². The second kappa shape index (κ2) is 4.22. The maximum Gasteiger partial charge on any atom is 0.247 e. The molecule has 2 aliphatic carbocycles. The largest absolute Gasteiger partial charge is 0.382 e. The number of hydrogen-bond acceptors (Lipinski definition) is 4. The number of amides is 1. The van der Waals surface area contributed by atoms with Crippen LogP contribution in [0.1, 0.15) is 39.5 Å². The molecule has 0 saturated heterocycles. The minimum absolute atomic E-state index is 0.0243. The van der Waals surface area contributed by atoms with Crippen LogP contribution in [0.15, 0.2) is 12.3 Å². The van der Waals surface area contributed by atoms with Gasteiger partial charge in [0.1, 0.15) is 11.4 Å². The molecule has 2 saturated carbocycles. The van der Waals surface area contributed by atoms with Crippen molar-refractivity contribution in [3.05, 3.63) is 12.3 Å². The number of nitrogen functional groups attached to an aromatic ring is 1. The Hall–Kier alpha value is -1.56. The molecule has 1 aromatic rings. The number of nitrogens with zero attached hydrogens (tertiary/aromatic N) is 2. The summed E-state index contributed by atoms with van der Waals surface area (Å²) in [5.74, 6) is 0.399. The van der Waals surface area contributed by atoms with Gasteiger partial charge in [0.2, 0.25) is 5.91 Å². The standard InChI is InChI=1S/C14H23N5O/c1-13(2,19-7-4-11(16)18-19)12(20)17-10-8-9(15)14(10)5-3-6-14/h4,7,9-10H,3,5-6,8,15H2,1-2H3,(H2,16,18)(H,17,20). The summed E-state index contributed by atoms with van der Waals surface area (Å²) in [5, 5.41) is 7.32. The van der Waals surface area contributed by atoms with Crippen LogP contribution in [0.3, 0.4) is 0 Å². The lowest BCUT2D eigenvalue weighted by atomic mass is 9.50. The van der Waals surface area contributed by atoms with Gasteiger partial charge in [0, 0.05) is 23.7 Å². The van der Waals surface area contributed by atoms with Crippen LogP contribution in [0, 0.1) is 5.41 Å². The number of rotatable bonds is 3. The zero-order valence-electron chi connectivity index (χ0n) is 12.1. The molecule has 1 aromatic heterocycles. The lowest BCUT2D eigenvalue weighted by Crippen LogP contribution is -2.71. The fourth-order valence-corrected chi connectivity index (χ4v) is 3.42. The van der Waals surface area contributed by atoms with Crippen LogP contribution < -0.4 is 16.8 Å². The summed E-state index contributed by atoms with van der Waals surface area (Å²) in [5.41, 5.74) is 11.2. The predicted molar refractivity (Wildman–Crippen MR) is 76.8 cm³/mol.